The van der Waals surface area contributed by atoms with E-state index in [0.29, 0.717) is 24.3 Å². The lowest BCUT2D eigenvalue weighted by molar-refractivity contribution is -0.144. The van der Waals surface area contributed by atoms with Crippen LogP contribution in [0.1, 0.15) is 63.4 Å². The van der Waals surface area contributed by atoms with Gasteiger partial charge in [0.25, 0.3) is 5.91 Å². The van der Waals surface area contributed by atoms with Crippen LogP contribution in [0.4, 0.5) is 0 Å². The topological polar surface area (TPSA) is 290 Å². The Labute approximate surface area is 308 Å². The van der Waals surface area contributed by atoms with Crippen molar-refractivity contribution in [3.05, 3.63) is 29.8 Å². The Balaban J connectivity index is 2.76. The minimum atomic E-state index is -1.31. The van der Waals surface area contributed by atoms with Crippen LogP contribution in [0, 0.1) is 0 Å². The fraction of sp³-hybridized carbons (Fsp3) is 0.618. The molecule has 0 aromatic heterocycles. The fourth-order valence-corrected chi connectivity index (χ4v) is 5.54. The Morgan fingerprint density at radius 1 is 0.623 bits per heavy atom. The molecule has 0 bridgehead atoms. The summed E-state index contributed by atoms with van der Waals surface area (Å²) in [6.07, 6.45) is 8.38. The third kappa shape index (κ3) is 24.1. The number of carbonyl (C=O) groups excluding carboxylic acids is 2. The maximum absolute atomic E-state index is 12.3. The molecule has 19 nitrogen and oxygen atoms in total. The first-order valence-corrected chi connectivity index (χ1v) is 17.4. The molecule has 0 saturated carbocycles. The van der Waals surface area contributed by atoms with Gasteiger partial charge in [0.1, 0.15) is 5.75 Å². The number of ether oxygens (including phenoxy) is 1. The Morgan fingerprint density at radius 3 is 1.60 bits per heavy atom. The summed E-state index contributed by atoms with van der Waals surface area (Å²) in [5.41, 5.74) is 2.74. The van der Waals surface area contributed by atoms with Gasteiger partial charge in [0.15, 0.2) is 6.61 Å². The monoisotopic (exact) mass is 754 g/mol. The highest BCUT2D eigenvalue weighted by molar-refractivity contribution is 5.77. The molecule has 0 radical (unpaired) electrons. The second-order valence-corrected chi connectivity index (χ2v) is 12.6. The highest BCUT2D eigenvalue weighted by atomic mass is 16.5. The van der Waals surface area contributed by atoms with Crippen LogP contribution in [-0.2, 0) is 40.0 Å². The molecule has 9 N–H and O–H groups in total. The van der Waals surface area contributed by atoms with E-state index in [1.807, 2.05) is 0 Å². The number of rotatable bonds is 32. The molecule has 0 aliphatic carbocycles. The van der Waals surface area contributed by atoms with Gasteiger partial charge in [-0.25, -0.2) is 5.84 Å². The SMILES string of the molecule is NNC(=O)CCCCCCCCCCNC(=O)COc1ccc(CC(CN(CCN(CC(=O)O)CC(=O)O)CC(=O)O)N(CC(=O)O)CC(=O)O)cc1. The van der Waals surface area contributed by atoms with Crippen molar-refractivity contribution < 1.29 is 63.8 Å². The molecule has 0 aliphatic heterocycles. The number of hydrazine groups is 1. The molecule has 0 spiro atoms. The number of hydrogen-bond acceptors (Lipinski definition) is 12. The molecule has 0 heterocycles. The molecule has 1 atom stereocenters. The molecule has 2 amide bonds. The van der Waals surface area contributed by atoms with E-state index in [4.69, 9.17) is 20.8 Å². The van der Waals surface area contributed by atoms with Gasteiger partial charge in [0, 0.05) is 38.6 Å². The number of aliphatic carboxylic acids is 5. The maximum atomic E-state index is 12.3. The van der Waals surface area contributed by atoms with E-state index in [2.05, 4.69) is 10.7 Å². The molecular weight excluding hydrogens is 700 g/mol. The number of hydrogen-bond donors (Lipinski definition) is 8. The molecule has 1 aromatic rings. The Hall–Kier alpha value is -4.85. The standard InChI is InChI=1S/C34H54N6O13/c35-37-28(41)9-7-5-3-1-2-4-6-8-14-36-29(42)24-53-27-12-10-25(11-13-27)17-26(40(22-33(49)50)23-34(51)52)18-38(19-30(43)44)15-16-39(20-31(45)46)21-32(47)48/h10-13,26H,1-9,14-24,35H2,(H,36,42)(H,37,41)(H,43,44)(H,45,46)(H,47,48)(H,49,50)(H,51,52). The van der Waals surface area contributed by atoms with Gasteiger partial charge in [0.05, 0.1) is 32.7 Å². The number of nitrogens with zero attached hydrogens (tertiary/aromatic N) is 3. The number of amides is 2. The summed E-state index contributed by atoms with van der Waals surface area (Å²) in [5.74, 6) is -1.45. The van der Waals surface area contributed by atoms with Gasteiger partial charge >= 0.3 is 29.8 Å². The molecule has 1 unspecified atom stereocenters. The van der Waals surface area contributed by atoms with Gasteiger partial charge in [-0.05, 0) is 37.0 Å². The first kappa shape index (κ1) is 46.2. The molecule has 19 heteroatoms. The summed E-state index contributed by atoms with van der Waals surface area (Å²) in [6.45, 7) is -3.23. The van der Waals surface area contributed by atoms with Gasteiger partial charge in [-0.1, -0.05) is 50.7 Å². The summed E-state index contributed by atoms with van der Waals surface area (Å²) in [5, 5.41) is 49.7. The summed E-state index contributed by atoms with van der Waals surface area (Å²) in [7, 11) is 0. The first-order valence-electron chi connectivity index (χ1n) is 17.4. The number of benzene rings is 1. The lowest BCUT2D eigenvalue weighted by atomic mass is 10.0. The highest BCUT2D eigenvalue weighted by Gasteiger charge is 2.27. The Bertz CT molecular complexity index is 1280. The zero-order valence-electron chi connectivity index (χ0n) is 29.9. The van der Waals surface area contributed by atoms with E-state index in [-0.39, 0.29) is 44.5 Å². The van der Waals surface area contributed by atoms with Crippen molar-refractivity contribution in [1.82, 2.24) is 25.4 Å². The van der Waals surface area contributed by atoms with Crippen molar-refractivity contribution in [2.45, 2.75) is 70.3 Å². The van der Waals surface area contributed by atoms with Crippen LogP contribution >= 0.6 is 0 Å². The minimum absolute atomic E-state index is 0.0823. The van der Waals surface area contributed by atoms with Crippen molar-refractivity contribution in [3.63, 3.8) is 0 Å². The summed E-state index contributed by atoms with van der Waals surface area (Å²) >= 11 is 0. The molecule has 0 aliphatic rings. The smallest absolute Gasteiger partial charge is 0.317 e. The zero-order chi connectivity index (χ0) is 39.6. The predicted molar refractivity (Wildman–Crippen MR) is 189 cm³/mol. The van der Waals surface area contributed by atoms with Gasteiger partial charge in [-0.15, -0.1) is 0 Å². The minimum Gasteiger partial charge on any atom is -0.484 e. The van der Waals surface area contributed by atoms with Crippen molar-refractivity contribution in [1.29, 1.82) is 0 Å². The van der Waals surface area contributed by atoms with Crippen molar-refractivity contribution >= 4 is 41.7 Å². The van der Waals surface area contributed by atoms with E-state index in [9.17, 15) is 48.9 Å². The van der Waals surface area contributed by atoms with Crippen LogP contribution in [0.2, 0.25) is 0 Å². The van der Waals surface area contributed by atoms with Crippen molar-refractivity contribution in [2.24, 2.45) is 5.84 Å². The maximum Gasteiger partial charge on any atom is 0.317 e. The number of unbranched alkanes of at least 4 members (excludes halogenated alkanes) is 7. The summed E-state index contributed by atoms with van der Waals surface area (Å²) in [6, 6.07) is 5.65. The fourth-order valence-electron chi connectivity index (χ4n) is 5.54. The molecule has 53 heavy (non-hydrogen) atoms. The van der Waals surface area contributed by atoms with Crippen molar-refractivity contribution in [3.8, 4) is 5.75 Å². The lowest BCUT2D eigenvalue weighted by Crippen LogP contribution is -2.51. The molecule has 1 rings (SSSR count). The number of carboxylic acids is 5. The third-order valence-corrected chi connectivity index (χ3v) is 8.05. The largest absolute Gasteiger partial charge is 0.484 e. The second kappa shape index (κ2) is 26.9. The average molecular weight is 755 g/mol. The summed E-state index contributed by atoms with van der Waals surface area (Å²) < 4.78 is 5.59. The highest BCUT2D eigenvalue weighted by Crippen LogP contribution is 2.17. The Kier molecular flexibility index (Phi) is 23.4. The van der Waals surface area contributed by atoms with Gasteiger partial charge in [-0.3, -0.25) is 53.7 Å². The van der Waals surface area contributed by atoms with E-state index in [1.165, 1.54) is 9.80 Å². The van der Waals surface area contributed by atoms with Crippen LogP contribution < -0.4 is 21.3 Å². The van der Waals surface area contributed by atoms with Crippen molar-refractivity contribution in [2.75, 3.05) is 65.5 Å². The van der Waals surface area contributed by atoms with E-state index in [0.717, 1.165) is 56.3 Å². The number of nitrogens with one attached hydrogen (secondary N) is 2. The number of carbonyl (C=O) groups is 7. The van der Waals surface area contributed by atoms with Gasteiger partial charge in [0.2, 0.25) is 5.91 Å². The third-order valence-electron chi connectivity index (χ3n) is 8.05. The van der Waals surface area contributed by atoms with Crippen LogP contribution in [0.5, 0.6) is 5.75 Å². The van der Waals surface area contributed by atoms with Gasteiger partial charge < -0.3 is 35.6 Å². The summed E-state index contributed by atoms with van der Waals surface area (Å²) in [4.78, 5) is 84.5. The molecule has 0 fully saturated rings. The number of carboxylic acid groups (broad SMARTS) is 5. The zero-order valence-corrected chi connectivity index (χ0v) is 29.9. The van der Waals surface area contributed by atoms with Crippen LogP contribution in [0.15, 0.2) is 24.3 Å². The molecule has 0 saturated heterocycles. The quantitative estimate of drug-likeness (QED) is 0.0207. The lowest BCUT2D eigenvalue weighted by Gasteiger charge is -2.34. The van der Waals surface area contributed by atoms with Crippen LogP contribution in [0.25, 0.3) is 0 Å². The number of nitrogens with two attached hydrogens (primary N) is 1. The predicted octanol–water partition coefficient (Wildman–Crippen LogP) is -0.0775. The van der Waals surface area contributed by atoms with E-state index in [1.54, 1.807) is 24.3 Å². The molecule has 1 aromatic carbocycles. The van der Waals surface area contributed by atoms with Crippen LogP contribution in [-0.4, -0.2) is 153 Å². The second-order valence-electron chi connectivity index (χ2n) is 12.6. The van der Waals surface area contributed by atoms with E-state index < -0.39 is 68.6 Å². The average Bonchev–Trinajstić information content (AvgIpc) is 3.07. The van der Waals surface area contributed by atoms with Gasteiger partial charge in [-0.2, -0.15) is 0 Å². The molecule has 298 valence electrons. The first-order chi connectivity index (χ1) is 25.2. The molecular formula is C34H54N6O13. The Morgan fingerprint density at radius 2 is 1.09 bits per heavy atom. The van der Waals surface area contributed by atoms with E-state index >= 15 is 0 Å². The normalized spacial score (nSPS) is 11.7. The van der Waals surface area contributed by atoms with Crippen LogP contribution in [0.3, 0.4) is 0 Å².